The molecule has 0 amide bonds. The highest BCUT2D eigenvalue weighted by Gasteiger charge is 2.28. The number of hydrogen-bond donors (Lipinski definition) is 0. The Morgan fingerprint density at radius 3 is 2.10 bits per heavy atom. The molecule has 3 nitrogen and oxygen atoms in total. The number of pyridine rings is 1. The average molecular weight is 428 g/mol. The standard InChI is InChI=1S/C28H45NO2/c1-3-5-6-7-8-26-19-20-27(21-29-26)31-28(30)25-17-15-24(16-18-25)14-13-23-11-9-22(4-2)10-12-23/h19-25H,3-18H2,1-2H3. The predicted molar refractivity (Wildman–Crippen MR) is 128 cm³/mol. The van der Waals surface area contributed by atoms with E-state index in [9.17, 15) is 4.79 Å². The van der Waals surface area contributed by atoms with Crippen molar-refractivity contribution < 1.29 is 9.53 Å². The van der Waals surface area contributed by atoms with Crippen molar-refractivity contribution >= 4 is 5.97 Å². The first-order valence-corrected chi connectivity index (χ1v) is 13.3. The van der Waals surface area contributed by atoms with Crippen LogP contribution >= 0.6 is 0 Å². The van der Waals surface area contributed by atoms with Gasteiger partial charge in [0.05, 0.1) is 12.1 Å². The van der Waals surface area contributed by atoms with Gasteiger partial charge in [0.1, 0.15) is 5.75 Å². The van der Waals surface area contributed by atoms with Gasteiger partial charge >= 0.3 is 5.97 Å². The Morgan fingerprint density at radius 1 is 0.871 bits per heavy atom. The fourth-order valence-electron chi connectivity index (χ4n) is 5.64. The summed E-state index contributed by atoms with van der Waals surface area (Å²) in [5.74, 6) is 3.41. The van der Waals surface area contributed by atoms with Crippen molar-refractivity contribution in [1.29, 1.82) is 0 Å². The van der Waals surface area contributed by atoms with Gasteiger partial charge in [-0.05, 0) is 68.4 Å². The van der Waals surface area contributed by atoms with Crippen molar-refractivity contribution in [3.05, 3.63) is 24.0 Å². The van der Waals surface area contributed by atoms with E-state index in [0.717, 1.165) is 42.7 Å². The number of aromatic nitrogens is 1. The number of aryl methyl sites for hydroxylation is 1. The molecule has 0 spiro atoms. The number of rotatable bonds is 11. The Hall–Kier alpha value is -1.38. The fourth-order valence-corrected chi connectivity index (χ4v) is 5.64. The molecule has 0 saturated heterocycles. The SMILES string of the molecule is CCCCCCc1ccc(OC(=O)C2CCC(CCC3CCC(CC)CC3)CC2)cn1. The van der Waals surface area contributed by atoms with Crippen molar-refractivity contribution in [3.63, 3.8) is 0 Å². The van der Waals surface area contributed by atoms with Crippen LogP contribution in [0.3, 0.4) is 0 Å². The van der Waals surface area contributed by atoms with Crippen LogP contribution in [0, 0.1) is 23.7 Å². The molecule has 0 unspecified atom stereocenters. The molecule has 3 heteroatoms. The molecule has 1 aromatic heterocycles. The Bertz CT molecular complexity index is 625. The number of esters is 1. The summed E-state index contributed by atoms with van der Waals surface area (Å²) in [6, 6.07) is 3.93. The predicted octanol–water partition coefficient (Wildman–Crippen LogP) is 7.91. The van der Waals surface area contributed by atoms with Crippen LogP contribution in [0.15, 0.2) is 18.3 Å². The molecule has 2 aliphatic carbocycles. The van der Waals surface area contributed by atoms with E-state index in [1.807, 2.05) is 12.1 Å². The average Bonchev–Trinajstić information content (AvgIpc) is 2.82. The van der Waals surface area contributed by atoms with Gasteiger partial charge in [-0.1, -0.05) is 78.1 Å². The van der Waals surface area contributed by atoms with Crippen molar-refractivity contribution in [1.82, 2.24) is 4.98 Å². The molecule has 0 aromatic carbocycles. The van der Waals surface area contributed by atoms with Gasteiger partial charge in [0.2, 0.25) is 0 Å². The minimum Gasteiger partial charge on any atom is -0.425 e. The summed E-state index contributed by atoms with van der Waals surface area (Å²) >= 11 is 0. The summed E-state index contributed by atoms with van der Waals surface area (Å²) < 4.78 is 5.66. The molecule has 31 heavy (non-hydrogen) atoms. The van der Waals surface area contributed by atoms with E-state index in [1.165, 1.54) is 83.5 Å². The fraction of sp³-hybridized carbons (Fsp3) is 0.786. The number of carbonyl (C=O) groups excluding carboxylic acids is 1. The molecule has 174 valence electrons. The van der Waals surface area contributed by atoms with Gasteiger partial charge in [-0.25, -0.2) is 0 Å². The summed E-state index contributed by atoms with van der Waals surface area (Å²) in [7, 11) is 0. The highest BCUT2D eigenvalue weighted by atomic mass is 16.5. The molecule has 1 aromatic rings. The van der Waals surface area contributed by atoms with E-state index < -0.39 is 0 Å². The van der Waals surface area contributed by atoms with Crippen LogP contribution in [0.25, 0.3) is 0 Å². The molecular weight excluding hydrogens is 382 g/mol. The van der Waals surface area contributed by atoms with Crippen LogP contribution in [0.2, 0.25) is 0 Å². The molecule has 0 radical (unpaired) electrons. The molecule has 0 bridgehead atoms. The third-order valence-electron chi connectivity index (χ3n) is 8.01. The second-order valence-corrected chi connectivity index (χ2v) is 10.3. The van der Waals surface area contributed by atoms with Crippen LogP contribution < -0.4 is 4.74 Å². The normalized spacial score (nSPS) is 26.5. The lowest BCUT2D eigenvalue weighted by molar-refractivity contribution is -0.140. The number of ether oxygens (including phenoxy) is 1. The van der Waals surface area contributed by atoms with Gasteiger partial charge in [0, 0.05) is 5.69 Å². The molecule has 0 aliphatic heterocycles. The van der Waals surface area contributed by atoms with Crippen LogP contribution in [0.4, 0.5) is 0 Å². The lowest BCUT2D eigenvalue weighted by atomic mass is 9.75. The van der Waals surface area contributed by atoms with Crippen LogP contribution in [0.1, 0.15) is 116 Å². The first-order valence-electron chi connectivity index (χ1n) is 13.3. The van der Waals surface area contributed by atoms with Crippen molar-refractivity contribution in [3.8, 4) is 5.75 Å². The monoisotopic (exact) mass is 427 g/mol. The zero-order chi connectivity index (χ0) is 21.9. The highest BCUT2D eigenvalue weighted by molar-refractivity contribution is 5.75. The molecule has 1 heterocycles. The molecule has 2 aliphatic rings. The topological polar surface area (TPSA) is 39.2 Å². The van der Waals surface area contributed by atoms with Crippen molar-refractivity contribution in [2.75, 3.05) is 0 Å². The van der Waals surface area contributed by atoms with Crippen molar-refractivity contribution in [2.45, 2.75) is 117 Å². The second-order valence-electron chi connectivity index (χ2n) is 10.3. The number of unbranched alkanes of at least 4 members (excludes halogenated alkanes) is 3. The van der Waals surface area contributed by atoms with E-state index in [4.69, 9.17) is 4.74 Å². The molecule has 0 atom stereocenters. The first-order chi connectivity index (χ1) is 15.2. The molecule has 2 saturated carbocycles. The minimum absolute atomic E-state index is 0.0474. The highest BCUT2D eigenvalue weighted by Crippen LogP contribution is 2.37. The van der Waals surface area contributed by atoms with E-state index in [2.05, 4.69) is 18.8 Å². The maximum atomic E-state index is 12.6. The van der Waals surface area contributed by atoms with Crippen LogP contribution in [-0.4, -0.2) is 11.0 Å². The third kappa shape index (κ3) is 8.24. The Balaban J connectivity index is 1.32. The van der Waals surface area contributed by atoms with E-state index >= 15 is 0 Å². The number of carbonyl (C=O) groups is 1. The molecular formula is C28H45NO2. The molecule has 3 rings (SSSR count). The second kappa shape index (κ2) is 13.2. The number of nitrogens with zero attached hydrogens (tertiary/aromatic N) is 1. The Morgan fingerprint density at radius 2 is 1.52 bits per heavy atom. The Kier molecular flexibility index (Phi) is 10.4. The molecule has 2 fully saturated rings. The lowest BCUT2D eigenvalue weighted by Gasteiger charge is -2.31. The number of hydrogen-bond acceptors (Lipinski definition) is 3. The summed E-state index contributed by atoms with van der Waals surface area (Å²) in [5.41, 5.74) is 1.10. The van der Waals surface area contributed by atoms with Crippen LogP contribution in [-0.2, 0) is 11.2 Å². The maximum absolute atomic E-state index is 12.6. The smallest absolute Gasteiger partial charge is 0.314 e. The lowest BCUT2D eigenvalue weighted by Crippen LogP contribution is -2.26. The minimum atomic E-state index is -0.0474. The maximum Gasteiger partial charge on any atom is 0.314 e. The van der Waals surface area contributed by atoms with Gasteiger partial charge in [0.25, 0.3) is 0 Å². The van der Waals surface area contributed by atoms with E-state index in [0.29, 0.717) is 5.75 Å². The van der Waals surface area contributed by atoms with Crippen molar-refractivity contribution in [2.24, 2.45) is 23.7 Å². The van der Waals surface area contributed by atoms with Crippen LogP contribution in [0.5, 0.6) is 5.75 Å². The third-order valence-corrected chi connectivity index (χ3v) is 8.01. The Labute approximate surface area is 190 Å². The summed E-state index contributed by atoms with van der Waals surface area (Å²) in [5, 5.41) is 0. The quantitative estimate of drug-likeness (QED) is 0.266. The van der Waals surface area contributed by atoms with Gasteiger partial charge in [-0.2, -0.15) is 0 Å². The molecule has 0 N–H and O–H groups in total. The zero-order valence-electron chi connectivity index (χ0n) is 20.1. The van der Waals surface area contributed by atoms with Gasteiger partial charge in [-0.15, -0.1) is 0 Å². The van der Waals surface area contributed by atoms with E-state index in [-0.39, 0.29) is 11.9 Å². The first kappa shape index (κ1) is 24.3. The summed E-state index contributed by atoms with van der Waals surface area (Å²) in [6.07, 6.45) is 22.1. The zero-order valence-corrected chi connectivity index (χ0v) is 20.1. The van der Waals surface area contributed by atoms with Gasteiger partial charge < -0.3 is 4.74 Å². The summed E-state index contributed by atoms with van der Waals surface area (Å²) in [4.78, 5) is 17.1. The van der Waals surface area contributed by atoms with Gasteiger partial charge in [-0.3, -0.25) is 9.78 Å². The van der Waals surface area contributed by atoms with E-state index in [1.54, 1.807) is 6.20 Å². The largest absolute Gasteiger partial charge is 0.425 e. The van der Waals surface area contributed by atoms with Gasteiger partial charge in [0.15, 0.2) is 0 Å². The summed E-state index contributed by atoms with van der Waals surface area (Å²) in [6.45, 7) is 4.57.